The highest BCUT2D eigenvalue weighted by atomic mass is 32.1. The van der Waals surface area contributed by atoms with Gasteiger partial charge < -0.3 is 15.0 Å². The Morgan fingerprint density at radius 1 is 1.19 bits per heavy atom. The number of methoxy groups -OCH3 is 1. The van der Waals surface area contributed by atoms with Crippen molar-refractivity contribution in [3.8, 4) is 5.75 Å². The second-order valence-electron chi connectivity index (χ2n) is 6.50. The summed E-state index contributed by atoms with van der Waals surface area (Å²) in [6.45, 7) is 4.85. The molecule has 2 aromatic carbocycles. The van der Waals surface area contributed by atoms with Crippen LogP contribution in [0.25, 0.3) is 0 Å². The molecule has 0 amide bonds. The maximum atomic E-state index is 13.4. The second-order valence-corrected chi connectivity index (χ2v) is 6.89. The molecule has 2 aromatic rings. The van der Waals surface area contributed by atoms with Gasteiger partial charge in [-0.1, -0.05) is 49.4 Å². The predicted molar refractivity (Wildman–Crippen MR) is 112 cm³/mol. The number of allylic oxidation sites excluding steroid dienone is 1. The first kappa shape index (κ1) is 19.1. The minimum Gasteiger partial charge on any atom is -0.497 e. The number of carbonyl (C=O) groups excluding carboxylic acids is 1. The van der Waals surface area contributed by atoms with Crippen molar-refractivity contribution >= 4 is 23.1 Å². The molecule has 1 atom stereocenters. The first-order chi connectivity index (χ1) is 13.1. The number of Topliss-reactive ketones (excluding diaryl/α,β-unsaturated/α-hetero) is 1. The van der Waals surface area contributed by atoms with Crippen LogP contribution in [0, 0.1) is 0 Å². The standard InChI is InChI=1S/C22H24N2O2S/c1-4-13-24-15(2)19(21(25)16-9-6-5-7-10-16)20(23-22(24)27)17-11-8-12-18(14-17)26-3/h5-12,14,20H,4,13H2,1-3H3,(H,23,27). The lowest BCUT2D eigenvalue weighted by Gasteiger charge is -2.38. The van der Waals surface area contributed by atoms with E-state index < -0.39 is 0 Å². The molecule has 1 aliphatic rings. The van der Waals surface area contributed by atoms with Crippen LogP contribution in [0.1, 0.15) is 42.2 Å². The Labute approximate surface area is 165 Å². The maximum absolute atomic E-state index is 13.4. The molecule has 0 saturated carbocycles. The van der Waals surface area contributed by atoms with Crippen molar-refractivity contribution < 1.29 is 9.53 Å². The molecule has 0 bridgehead atoms. The van der Waals surface area contributed by atoms with Crippen molar-refractivity contribution in [3.05, 3.63) is 77.0 Å². The van der Waals surface area contributed by atoms with Crippen LogP contribution in [-0.4, -0.2) is 29.5 Å². The van der Waals surface area contributed by atoms with E-state index in [2.05, 4.69) is 12.2 Å². The average Bonchev–Trinajstić information content (AvgIpc) is 2.71. The topological polar surface area (TPSA) is 41.6 Å². The number of hydrogen-bond donors (Lipinski definition) is 1. The van der Waals surface area contributed by atoms with Gasteiger partial charge in [0, 0.05) is 23.4 Å². The van der Waals surface area contributed by atoms with Gasteiger partial charge in [0.15, 0.2) is 10.9 Å². The van der Waals surface area contributed by atoms with Crippen LogP contribution in [0.3, 0.4) is 0 Å². The van der Waals surface area contributed by atoms with Gasteiger partial charge in [-0.05, 0) is 43.3 Å². The highest BCUT2D eigenvalue weighted by molar-refractivity contribution is 7.80. The van der Waals surface area contributed by atoms with Crippen molar-refractivity contribution in [3.63, 3.8) is 0 Å². The van der Waals surface area contributed by atoms with Gasteiger partial charge in [-0.2, -0.15) is 0 Å². The summed E-state index contributed by atoms with van der Waals surface area (Å²) >= 11 is 5.60. The van der Waals surface area contributed by atoms with Crippen LogP contribution >= 0.6 is 12.2 Å². The number of carbonyl (C=O) groups is 1. The summed E-state index contributed by atoms with van der Waals surface area (Å²) in [6.07, 6.45) is 0.940. The Hall–Kier alpha value is -2.66. The maximum Gasteiger partial charge on any atom is 0.193 e. The van der Waals surface area contributed by atoms with Crippen LogP contribution in [0.5, 0.6) is 5.75 Å². The fraction of sp³-hybridized carbons (Fsp3) is 0.273. The van der Waals surface area contributed by atoms with Crippen molar-refractivity contribution in [1.82, 2.24) is 10.2 Å². The first-order valence-corrected chi connectivity index (χ1v) is 9.50. The third kappa shape index (κ3) is 3.88. The predicted octanol–water partition coefficient (Wildman–Crippen LogP) is 4.49. The molecule has 0 spiro atoms. The molecule has 1 heterocycles. The van der Waals surface area contributed by atoms with Gasteiger partial charge in [0.05, 0.1) is 13.2 Å². The summed E-state index contributed by atoms with van der Waals surface area (Å²) in [5.74, 6) is 0.761. The Balaban J connectivity index is 2.12. The van der Waals surface area contributed by atoms with Crippen LogP contribution in [-0.2, 0) is 0 Å². The molecule has 0 aromatic heterocycles. The molecule has 0 radical (unpaired) electrons. The zero-order valence-electron chi connectivity index (χ0n) is 15.9. The molecule has 4 nitrogen and oxygen atoms in total. The van der Waals surface area contributed by atoms with Crippen molar-refractivity contribution in [1.29, 1.82) is 0 Å². The molecule has 0 aliphatic carbocycles. The van der Waals surface area contributed by atoms with E-state index in [9.17, 15) is 4.79 Å². The van der Waals surface area contributed by atoms with E-state index in [1.54, 1.807) is 7.11 Å². The summed E-state index contributed by atoms with van der Waals surface area (Å²) < 4.78 is 5.37. The highest BCUT2D eigenvalue weighted by Crippen LogP contribution is 2.34. The molecule has 5 heteroatoms. The molecule has 140 valence electrons. The summed E-state index contributed by atoms with van der Waals surface area (Å²) in [6, 6.07) is 16.8. The molecule has 1 aliphatic heterocycles. The Morgan fingerprint density at radius 2 is 1.93 bits per heavy atom. The number of rotatable bonds is 6. The third-order valence-corrected chi connectivity index (χ3v) is 5.09. The number of benzene rings is 2. The Kier molecular flexibility index (Phi) is 5.91. The summed E-state index contributed by atoms with van der Waals surface area (Å²) in [5.41, 5.74) is 3.25. The number of ether oxygens (including phenoxy) is 1. The Morgan fingerprint density at radius 3 is 2.59 bits per heavy atom. The Bertz CT molecular complexity index is 877. The van der Waals surface area contributed by atoms with Gasteiger partial charge in [0.25, 0.3) is 0 Å². The molecule has 3 rings (SSSR count). The fourth-order valence-electron chi connectivity index (χ4n) is 3.38. The summed E-state index contributed by atoms with van der Waals surface area (Å²) in [4.78, 5) is 15.4. The second kappa shape index (κ2) is 8.35. The zero-order chi connectivity index (χ0) is 19.4. The van der Waals surface area contributed by atoms with E-state index >= 15 is 0 Å². The zero-order valence-corrected chi connectivity index (χ0v) is 16.7. The number of nitrogens with one attached hydrogen (secondary N) is 1. The van der Waals surface area contributed by atoms with Gasteiger partial charge in [-0.15, -0.1) is 0 Å². The van der Waals surface area contributed by atoms with E-state index in [-0.39, 0.29) is 11.8 Å². The third-order valence-electron chi connectivity index (χ3n) is 4.75. The summed E-state index contributed by atoms with van der Waals surface area (Å²) in [5, 5.41) is 4.02. The SMILES string of the molecule is CCCN1C(=S)NC(c2cccc(OC)c2)C(C(=O)c2ccccc2)=C1C. The van der Waals surface area contributed by atoms with Crippen LogP contribution < -0.4 is 10.1 Å². The van der Waals surface area contributed by atoms with Gasteiger partial charge in [0.1, 0.15) is 5.75 Å². The quantitative estimate of drug-likeness (QED) is 0.591. The van der Waals surface area contributed by atoms with E-state index in [1.165, 1.54) is 0 Å². The number of hydrogen-bond acceptors (Lipinski definition) is 3. The van der Waals surface area contributed by atoms with E-state index in [0.717, 1.165) is 35.5 Å². The summed E-state index contributed by atoms with van der Waals surface area (Å²) in [7, 11) is 1.64. The first-order valence-electron chi connectivity index (χ1n) is 9.09. The molecule has 1 unspecified atom stereocenters. The lowest BCUT2D eigenvalue weighted by Crippen LogP contribution is -2.47. The van der Waals surface area contributed by atoms with Crippen LogP contribution in [0.15, 0.2) is 65.9 Å². The smallest absolute Gasteiger partial charge is 0.193 e. The molecular weight excluding hydrogens is 356 g/mol. The minimum atomic E-state index is -0.312. The van der Waals surface area contributed by atoms with Crippen molar-refractivity contribution in [2.24, 2.45) is 0 Å². The molecule has 0 fully saturated rings. The average molecular weight is 381 g/mol. The molecule has 27 heavy (non-hydrogen) atoms. The van der Waals surface area contributed by atoms with Crippen molar-refractivity contribution in [2.45, 2.75) is 26.3 Å². The number of ketones is 1. The largest absolute Gasteiger partial charge is 0.497 e. The van der Waals surface area contributed by atoms with Gasteiger partial charge in [-0.25, -0.2) is 0 Å². The van der Waals surface area contributed by atoms with Crippen LogP contribution in [0.2, 0.25) is 0 Å². The van der Waals surface area contributed by atoms with Gasteiger partial charge in [-0.3, -0.25) is 4.79 Å². The molecule has 0 saturated heterocycles. The molecular formula is C22H24N2O2S. The minimum absolute atomic E-state index is 0.0111. The fourth-order valence-corrected chi connectivity index (χ4v) is 3.73. The monoisotopic (exact) mass is 380 g/mol. The van der Waals surface area contributed by atoms with E-state index in [1.807, 2.05) is 66.4 Å². The van der Waals surface area contributed by atoms with Gasteiger partial charge in [0.2, 0.25) is 0 Å². The van der Waals surface area contributed by atoms with Crippen LogP contribution in [0.4, 0.5) is 0 Å². The van der Waals surface area contributed by atoms with Crippen molar-refractivity contribution in [2.75, 3.05) is 13.7 Å². The highest BCUT2D eigenvalue weighted by Gasteiger charge is 2.34. The number of nitrogens with zero attached hydrogens (tertiary/aromatic N) is 1. The van der Waals surface area contributed by atoms with E-state index in [4.69, 9.17) is 17.0 Å². The normalized spacial score (nSPS) is 16.9. The lowest BCUT2D eigenvalue weighted by atomic mass is 9.89. The number of thiocarbonyl (C=S) groups is 1. The van der Waals surface area contributed by atoms with Gasteiger partial charge >= 0.3 is 0 Å². The van der Waals surface area contributed by atoms with E-state index in [0.29, 0.717) is 10.7 Å². The lowest BCUT2D eigenvalue weighted by molar-refractivity contribution is 0.102. The molecule has 1 N–H and O–H groups in total.